The second-order valence-electron chi connectivity index (χ2n) is 7.37. The van der Waals surface area contributed by atoms with Gasteiger partial charge in [-0.05, 0) is 57.8 Å². The summed E-state index contributed by atoms with van der Waals surface area (Å²) in [4.78, 5) is 9.89. The summed E-state index contributed by atoms with van der Waals surface area (Å²) in [7, 11) is 0. The summed E-state index contributed by atoms with van der Waals surface area (Å²) in [5, 5.41) is 9.55. The highest BCUT2D eigenvalue weighted by Crippen LogP contribution is 2.25. The van der Waals surface area contributed by atoms with Crippen molar-refractivity contribution in [2.75, 3.05) is 26.2 Å². The number of aliphatic hydroxyl groups is 1. The van der Waals surface area contributed by atoms with Crippen LogP contribution in [0.1, 0.15) is 37.1 Å². The van der Waals surface area contributed by atoms with E-state index in [4.69, 9.17) is 4.98 Å². The van der Waals surface area contributed by atoms with Crippen LogP contribution in [0.3, 0.4) is 0 Å². The predicted molar refractivity (Wildman–Crippen MR) is 95.0 cm³/mol. The Morgan fingerprint density at radius 2 is 1.92 bits per heavy atom. The third-order valence-corrected chi connectivity index (χ3v) is 5.77. The molecule has 0 aromatic carbocycles. The maximum absolute atomic E-state index is 9.55. The first-order valence-electron chi connectivity index (χ1n) is 9.27. The lowest BCUT2D eigenvalue weighted by molar-refractivity contribution is 0.119. The number of aliphatic hydroxyl groups excluding tert-OH is 1. The molecule has 2 unspecified atom stereocenters. The highest BCUT2D eigenvalue weighted by molar-refractivity contribution is 5.41. The minimum atomic E-state index is 0.304. The van der Waals surface area contributed by atoms with Crippen molar-refractivity contribution in [2.24, 2.45) is 0 Å². The summed E-state index contributed by atoms with van der Waals surface area (Å²) in [6, 6.07) is 7.25. The Morgan fingerprint density at radius 1 is 1.12 bits per heavy atom. The third kappa shape index (κ3) is 3.08. The topological polar surface area (TPSA) is 44.0 Å². The molecular formula is C19H28N4O. The van der Waals surface area contributed by atoms with Crippen molar-refractivity contribution in [3.63, 3.8) is 0 Å². The monoisotopic (exact) mass is 328 g/mol. The quantitative estimate of drug-likeness (QED) is 0.912. The molecule has 130 valence electrons. The zero-order valence-corrected chi connectivity index (χ0v) is 14.6. The van der Waals surface area contributed by atoms with E-state index in [-0.39, 0.29) is 0 Å². The van der Waals surface area contributed by atoms with Gasteiger partial charge in [0.25, 0.3) is 0 Å². The molecule has 2 atom stereocenters. The number of fused-ring (bicyclic) bond motifs is 1. The molecule has 2 aromatic heterocycles. The van der Waals surface area contributed by atoms with E-state index in [0.29, 0.717) is 18.7 Å². The van der Waals surface area contributed by atoms with Crippen molar-refractivity contribution in [1.82, 2.24) is 19.2 Å². The van der Waals surface area contributed by atoms with Gasteiger partial charge in [0, 0.05) is 37.1 Å². The first-order valence-corrected chi connectivity index (χ1v) is 9.27. The lowest BCUT2D eigenvalue weighted by atomic mass is 10.2. The summed E-state index contributed by atoms with van der Waals surface area (Å²) in [5.74, 6) is 0. The fraction of sp³-hybridized carbons (Fsp3) is 0.632. The van der Waals surface area contributed by atoms with Crippen molar-refractivity contribution in [3.8, 4) is 0 Å². The fourth-order valence-electron chi connectivity index (χ4n) is 4.41. The Hall–Kier alpha value is -1.43. The van der Waals surface area contributed by atoms with E-state index >= 15 is 0 Å². The number of aryl methyl sites for hydroxylation is 1. The molecule has 2 aliphatic rings. The number of pyridine rings is 1. The summed E-state index contributed by atoms with van der Waals surface area (Å²) in [6.07, 6.45) is 7.10. The van der Waals surface area contributed by atoms with Crippen LogP contribution in [0, 0.1) is 6.92 Å². The summed E-state index contributed by atoms with van der Waals surface area (Å²) >= 11 is 0. The smallest absolute Gasteiger partial charge is 0.137 e. The lowest BCUT2D eigenvalue weighted by Gasteiger charge is -2.30. The van der Waals surface area contributed by atoms with Crippen LogP contribution in [-0.4, -0.2) is 62.6 Å². The van der Waals surface area contributed by atoms with Gasteiger partial charge in [-0.25, -0.2) is 4.98 Å². The van der Waals surface area contributed by atoms with Gasteiger partial charge in [-0.15, -0.1) is 0 Å². The van der Waals surface area contributed by atoms with Gasteiger partial charge in [0.2, 0.25) is 0 Å². The molecule has 0 amide bonds. The van der Waals surface area contributed by atoms with Crippen LogP contribution in [0.25, 0.3) is 5.65 Å². The molecule has 0 saturated carbocycles. The van der Waals surface area contributed by atoms with Gasteiger partial charge in [-0.1, -0.05) is 6.07 Å². The molecule has 5 heteroatoms. The van der Waals surface area contributed by atoms with E-state index in [0.717, 1.165) is 43.9 Å². The fourth-order valence-corrected chi connectivity index (χ4v) is 4.41. The van der Waals surface area contributed by atoms with Crippen molar-refractivity contribution in [1.29, 1.82) is 0 Å². The molecule has 2 aliphatic heterocycles. The molecule has 5 nitrogen and oxygen atoms in total. The number of hydrogen-bond donors (Lipinski definition) is 1. The maximum atomic E-state index is 9.55. The van der Waals surface area contributed by atoms with Gasteiger partial charge < -0.3 is 9.51 Å². The molecule has 0 bridgehead atoms. The Labute approximate surface area is 143 Å². The van der Waals surface area contributed by atoms with Gasteiger partial charge in [0.15, 0.2) is 0 Å². The molecule has 2 aromatic rings. The van der Waals surface area contributed by atoms with Crippen LogP contribution in [0.5, 0.6) is 0 Å². The van der Waals surface area contributed by atoms with Crippen molar-refractivity contribution < 1.29 is 5.11 Å². The molecule has 0 aliphatic carbocycles. The Bertz CT molecular complexity index is 698. The van der Waals surface area contributed by atoms with Crippen molar-refractivity contribution in [3.05, 3.63) is 35.8 Å². The number of imidazole rings is 1. The van der Waals surface area contributed by atoms with Gasteiger partial charge in [-0.3, -0.25) is 9.80 Å². The van der Waals surface area contributed by atoms with Crippen molar-refractivity contribution >= 4 is 5.65 Å². The van der Waals surface area contributed by atoms with Crippen LogP contribution in [0.2, 0.25) is 0 Å². The second kappa shape index (κ2) is 6.82. The zero-order valence-electron chi connectivity index (χ0n) is 14.6. The molecule has 2 saturated heterocycles. The van der Waals surface area contributed by atoms with E-state index in [9.17, 15) is 5.11 Å². The summed E-state index contributed by atoms with van der Waals surface area (Å²) in [6.45, 7) is 6.76. The second-order valence-corrected chi connectivity index (χ2v) is 7.37. The predicted octanol–water partition coefficient (Wildman–Crippen LogP) is 2.06. The van der Waals surface area contributed by atoms with Crippen LogP contribution in [0.4, 0.5) is 0 Å². The van der Waals surface area contributed by atoms with Gasteiger partial charge in [0.05, 0.1) is 12.3 Å². The first-order chi connectivity index (χ1) is 11.7. The minimum absolute atomic E-state index is 0.304. The molecular weight excluding hydrogens is 300 g/mol. The van der Waals surface area contributed by atoms with Gasteiger partial charge in [0.1, 0.15) is 5.65 Å². The average molecular weight is 328 g/mol. The van der Waals surface area contributed by atoms with E-state index in [1.165, 1.54) is 25.0 Å². The van der Waals surface area contributed by atoms with E-state index in [1.807, 2.05) is 0 Å². The lowest BCUT2D eigenvalue weighted by Crippen LogP contribution is -2.43. The molecule has 1 N–H and O–H groups in total. The van der Waals surface area contributed by atoms with Crippen LogP contribution in [-0.2, 0) is 6.54 Å². The highest BCUT2D eigenvalue weighted by Gasteiger charge is 2.31. The highest BCUT2D eigenvalue weighted by atomic mass is 16.3. The van der Waals surface area contributed by atoms with E-state index < -0.39 is 0 Å². The summed E-state index contributed by atoms with van der Waals surface area (Å²) < 4.78 is 2.18. The molecule has 4 rings (SSSR count). The SMILES string of the molecule is Cc1cccc2nc(CN3CCCC3CN3CCCC3CO)cn12. The maximum Gasteiger partial charge on any atom is 0.137 e. The van der Waals surface area contributed by atoms with E-state index in [2.05, 4.69) is 45.5 Å². The molecule has 24 heavy (non-hydrogen) atoms. The molecule has 0 spiro atoms. The normalized spacial score (nSPS) is 25.9. The van der Waals surface area contributed by atoms with Crippen LogP contribution in [0.15, 0.2) is 24.4 Å². The van der Waals surface area contributed by atoms with Crippen LogP contribution < -0.4 is 0 Å². The number of rotatable bonds is 5. The average Bonchev–Trinajstić information content (AvgIpc) is 3.29. The van der Waals surface area contributed by atoms with Crippen molar-refractivity contribution in [2.45, 2.75) is 51.2 Å². The number of nitrogens with zero attached hydrogens (tertiary/aromatic N) is 4. The minimum Gasteiger partial charge on any atom is -0.395 e. The van der Waals surface area contributed by atoms with Gasteiger partial charge in [-0.2, -0.15) is 0 Å². The largest absolute Gasteiger partial charge is 0.395 e. The number of hydrogen-bond acceptors (Lipinski definition) is 4. The first kappa shape index (κ1) is 16.1. The molecule has 0 radical (unpaired) electrons. The molecule has 2 fully saturated rings. The number of aromatic nitrogens is 2. The van der Waals surface area contributed by atoms with E-state index in [1.54, 1.807) is 0 Å². The Morgan fingerprint density at radius 3 is 2.71 bits per heavy atom. The Kier molecular flexibility index (Phi) is 4.57. The Balaban J connectivity index is 1.45. The number of likely N-dealkylation sites (tertiary alicyclic amines) is 2. The van der Waals surface area contributed by atoms with Crippen LogP contribution >= 0.6 is 0 Å². The summed E-state index contributed by atoms with van der Waals surface area (Å²) in [5.41, 5.74) is 3.43. The third-order valence-electron chi connectivity index (χ3n) is 5.77. The standard InChI is InChI=1S/C19H28N4O/c1-15-5-2-8-19-20-16(12-23(15)19)11-21-9-3-6-17(21)13-22-10-4-7-18(22)14-24/h2,5,8,12,17-18,24H,3-4,6-7,9-11,13-14H2,1H3. The molecule has 4 heterocycles. The zero-order chi connectivity index (χ0) is 16.5. The van der Waals surface area contributed by atoms with Gasteiger partial charge >= 0.3 is 0 Å².